The van der Waals surface area contributed by atoms with Gasteiger partial charge in [0.2, 0.25) is 0 Å². The second-order valence-corrected chi connectivity index (χ2v) is 8.25. The van der Waals surface area contributed by atoms with Crippen molar-refractivity contribution in [2.24, 2.45) is 0 Å². The highest BCUT2D eigenvalue weighted by Crippen LogP contribution is 2.36. The van der Waals surface area contributed by atoms with Crippen molar-refractivity contribution in [3.05, 3.63) is 71.2 Å². The lowest BCUT2D eigenvalue weighted by Crippen LogP contribution is -2.38. The van der Waals surface area contributed by atoms with Crippen molar-refractivity contribution in [1.29, 1.82) is 0 Å². The van der Waals surface area contributed by atoms with E-state index in [1.54, 1.807) is 4.90 Å². The Balaban J connectivity index is 1.48. The Morgan fingerprint density at radius 1 is 1.12 bits per heavy atom. The van der Waals surface area contributed by atoms with Crippen molar-refractivity contribution < 1.29 is 27.1 Å². The second kappa shape index (κ2) is 9.55. The first-order valence-electron chi connectivity index (χ1n) is 11.1. The van der Waals surface area contributed by atoms with Gasteiger partial charge in [0.1, 0.15) is 5.82 Å². The number of likely N-dealkylation sites (tertiary alicyclic amines) is 1. The number of aromatic nitrogens is 1. The number of amides is 1. The number of fused-ring (bicyclic) bond motifs is 1. The molecule has 0 unspecified atom stereocenters. The van der Waals surface area contributed by atoms with Gasteiger partial charge in [0.05, 0.1) is 12.2 Å². The fourth-order valence-electron chi connectivity index (χ4n) is 4.54. The number of carbonyl (C=O) groups is 1. The average Bonchev–Trinajstić information content (AvgIpc) is 3.17. The Morgan fingerprint density at radius 3 is 2.55 bits per heavy atom. The molecule has 176 valence electrons. The van der Waals surface area contributed by atoms with Gasteiger partial charge in [0.25, 0.3) is 5.91 Å². The molecule has 1 saturated heterocycles. The topological polar surface area (TPSA) is 34.5 Å². The van der Waals surface area contributed by atoms with Gasteiger partial charge >= 0.3 is 6.18 Å². The number of benzene rings is 2. The van der Waals surface area contributed by atoms with E-state index in [-0.39, 0.29) is 11.5 Å². The zero-order valence-electron chi connectivity index (χ0n) is 18.4. The maximum atomic E-state index is 13.6. The summed E-state index contributed by atoms with van der Waals surface area (Å²) >= 11 is 0. The van der Waals surface area contributed by atoms with Crippen molar-refractivity contribution in [2.75, 3.05) is 26.3 Å². The molecule has 1 aliphatic heterocycles. The zero-order chi connectivity index (χ0) is 23.6. The van der Waals surface area contributed by atoms with Crippen molar-refractivity contribution in [1.82, 2.24) is 9.47 Å². The Kier molecular flexibility index (Phi) is 6.74. The molecular formula is C25H26F4N2O2. The van der Waals surface area contributed by atoms with E-state index < -0.39 is 23.5 Å². The normalized spacial score (nSPS) is 15.4. The molecule has 0 saturated carbocycles. The fraction of sp³-hybridized carbons (Fsp3) is 0.400. The molecule has 33 heavy (non-hydrogen) atoms. The van der Waals surface area contributed by atoms with E-state index in [0.717, 1.165) is 18.1 Å². The summed E-state index contributed by atoms with van der Waals surface area (Å²) in [5.41, 5.74) is 0.796. The van der Waals surface area contributed by atoms with Crippen LogP contribution in [0.3, 0.4) is 0 Å². The van der Waals surface area contributed by atoms with Crippen molar-refractivity contribution >= 4 is 16.8 Å². The summed E-state index contributed by atoms with van der Waals surface area (Å²) in [6, 6.07) is 10.6. The van der Waals surface area contributed by atoms with Gasteiger partial charge in [-0.25, -0.2) is 4.39 Å². The predicted octanol–water partition coefficient (Wildman–Crippen LogP) is 5.86. The molecule has 0 atom stereocenters. The molecule has 1 fully saturated rings. The minimum atomic E-state index is -4.84. The van der Waals surface area contributed by atoms with E-state index in [1.165, 1.54) is 10.9 Å². The van der Waals surface area contributed by atoms with E-state index in [1.807, 2.05) is 19.1 Å². The maximum Gasteiger partial charge on any atom is 0.419 e. The van der Waals surface area contributed by atoms with E-state index in [9.17, 15) is 22.4 Å². The van der Waals surface area contributed by atoms with Crippen LogP contribution in [0.1, 0.15) is 47.2 Å². The first kappa shape index (κ1) is 23.3. The number of hydrogen-bond donors (Lipinski definition) is 0. The quantitative estimate of drug-likeness (QED) is 0.340. The molecule has 0 N–H and O–H groups in total. The van der Waals surface area contributed by atoms with E-state index in [0.29, 0.717) is 51.3 Å². The van der Waals surface area contributed by atoms with Crippen molar-refractivity contribution in [3.63, 3.8) is 0 Å². The molecule has 0 radical (unpaired) electrons. The number of nitrogens with zero attached hydrogens (tertiary/aromatic N) is 2. The van der Waals surface area contributed by atoms with E-state index in [2.05, 4.69) is 22.9 Å². The van der Waals surface area contributed by atoms with Gasteiger partial charge in [-0.3, -0.25) is 4.79 Å². The van der Waals surface area contributed by atoms with Crippen LogP contribution in [0.4, 0.5) is 17.6 Å². The molecule has 2 aromatic carbocycles. The van der Waals surface area contributed by atoms with Crippen LogP contribution < -0.4 is 0 Å². The number of para-hydroxylation sites is 1. The van der Waals surface area contributed by atoms with Crippen LogP contribution in [0.25, 0.3) is 10.9 Å². The maximum absolute atomic E-state index is 13.6. The molecule has 4 nitrogen and oxygen atoms in total. The first-order valence-corrected chi connectivity index (χ1v) is 11.1. The summed E-state index contributed by atoms with van der Waals surface area (Å²) in [6.45, 7) is 4.86. The number of piperidine rings is 1. The molecule has 4 rings (SSSR count). The van der Waals surface area contributed by atoms with Crippen LogP contribution in [0.15, 0.2) is 48.7 Å². The summed E-state index contributed by atoms with van der Waals surface area (Å²) < 4.78 is 60.4. The van der Waals surface area contributed by atoms with Crippen molar-refractivity contribution in [3.8, 4) is 0 Å². The van der Waals surface area contributed by atoms with Crippen LogP contribution in [-0.4, -0.2) is 41.7 Å². The molecule has 1 amide bonds. The third kappa shape index (κ3) is 4.90. The summed E-state index contributed by atoms with van der Waals surface area (Å²) in [6.07, 6.45) is -1.28. The molecule has 2 heterocycles. The number of hydrogen-bond acceptors (Lipinski definition) is 2. The number of alkyl halides is 3. The Morgan fingerprint density at radius 2 is 1.85 bits per heavy atom. The lowest BCUT2D eigenvalue weighted by atomic mass is 9.89. The highest BCUT2D eigenvalue weighted by molar-refractivity contribution is 5.94. The van der Waals surface area contributed by atoms with Crippen LogP contribution in [0, 0.1) is 5.82 Å². The van der Waals surface area contributed by atoms with Gasteiger partial charge in [-0.15, -0.1) is 0 Å². The highest BCUT2D eigenvalue weighted by Gasteiger charge is 2.35. The summed E-state index contributed by atoms with van der Waals surface area (Å²) in [4.78, 5) is 14.4. The van der Waals surface area contributed by atoms with Gasteiger partial charge in [-0.1, -0.05) is 18.2 Å². The van der Waals surface area contributed by atoms with Gasteiger partial charge in [0.15, 0.2) is 0 Å². The summed E-state index contributed by atoms with van der Waals surface area (Å²) in [5, 5.41) is 1.17. The second-order valence-electron chi connectivity index (χ2n) is 8.25. The molecule has 8 heteroatoms. The lowest BCUT2D eigenvalue weighted by Gasteiger charge is -2.32. The first-order chi connectivity index (χ1) is 15.8. The Labute approximate surface area is 189 Å². The highest BCUT2D eigenvalue weighted by atomic mass is 19.4. The molecule has 0 spiro atoms. The average molecular weight is 462 g/mol. The van der Waals surface area contributed by atoms with E-state index in [4.69, 9.17) is 4.74 Å². The van der Waals surface area contributed by atoms with Crippen molar-refractivity contribution in [2.45, 2.75) is 38.4 Å². The SMILES string of the molecule is CCOCCn1cc(C2CCN(C(=O)c3ccc(F)c(C(F)(F)F)c3)CC2)c2ccccc21. The largest absolute Gasteiger partial charge is 0.419 e. The fourth-order valence-corrected chi connectivity index (χ4v) is 4.54. The van der Waals surface area contributed by atoms with Crippen LogP contribution in [0.5, 0.6) is 0 Å². The van der Waals surface area contributed by atoms with Crippen LogP contribution in [-0.2, 0) is 17.5 Å². The number of ether oxygens (including phenoxy) is 1. The number of halogens is 4. The smallest absolute Gasteiger partial charge is 0.380 e. The molecular weight excluding hydrogens is 436 g/mol. The third-order valence-electron chi connectivity index (χ3n) is 6.24. The number of rotatable bonds is 6. The van der Waals surface area contributed by atoms with Gasteiger partial charge < -0.3 is 14.2 Å². The summed E-state index contributed by atoms with van der Waals surface area (Å²) in [7, 11) is 0. The molecule has 0 bridgehead atoms. The van der Waals surface area contributed by atoms with Crippen LogP contribution >= 0.6 is 0 Å². The lowest BCUT2D eigenvalue weighted by molar-refractivity contribution is -0.140. The molecule has 1 aliphatic rings. The van der Waals surface area contributed by atoms with Gasteiger partial charge in [0, 0.05) is 48.9 Å². The minimum absolute atomic E-state index is 0.144. The van der Waals surface area contributed by atoms with Crippen LogP contribution in [0.2, 0.25) is 0 Å². The zero-order valence-corrected chi connectivity index (χ0v) is 18.4. The Hall–Kier alpha value is -2.87. The molecule has 1 aromatic heterocycles. The third-order valence-corrected chi connectivity index (χ3v) is 6.24. The van der Waals surface area contributed by atoms with Gasteiger partial charge in [-0.05, 0) is 55.5 Å². The van der Waals surface area contributed by atoms with Gasteiger partial charge in [-0.2, -0.15) is 13.2 Å². The molecule has 3 aromatic rings. The molecule has 0 aliphatic carbocycles. The predicted molar refractivity (Wildman–Crippen MR) is 118 cm³/mol. The standard InChI is InChI=1S/C25H26F4N2O2/c1-2-33-14-13-31-16-20(19-5-3-4-6-23(19)31)17-9-11-30(12-10-17)24(32)18-7-8-22(26)21(15-18)25(27,28)29/h3-8,15-17H,2,9-14H2,1H3. The number of carbonyl (C=O) groups excluding carboxylic acids is 1. The Bertz CT molecular complexity index is 1130. The van der Waals surface area contributed by atoms with E-state index >= 15 is 0 Å². The monoisotopic (exact) mass is 462 g/mol. The summed E-state index contributed by atoms with van der Waals surface area (Å²) in [5.74, 6) is -1.64. The minimum Gasteiger partial charge on any atom is -0.380 e.